The highest BCUT2D eigenvalue weighted by atomic mass is 32.1. The van der Waals surface area contributed by atoms with Crippen molar-refractivity contribution in [2.24, 2.45) is 5.10 Å². The zero-order valence-corrected chi connectivity index (χ0v) is 19.1. The van der Waals surface area contributed by atoms with E-state index in [1.54, 1.807) is 22.7 Å². The van der Waals surface area contributed by atoms with Crippen LogP contribution in [0.2, 0.25) is 0 Å². The molecule has 5 aromatic rings. The molecule has 4 nitrogen and oxygen atoms in total. The lowest BCUT2D eigenvalue weighted by atomic mass is 10.0. The van der Waals surface area contributed by atoms with Crippen LogP contribution in [0.3, 0.4) is 0 Å². The number of fused-ring (bicyclic) bond motifs is 1. The third-order valence-electron chi connectivity index (χ3n) is 5.68. The van der Waals surface area contributed by atoms with Gasteiger partial charge in [-0.15, -0.1) is 22.7 Å². The van der Waals surface area contributed by atoms with Crippen molar-refractivity contribution in [3.63, 3.8) is 0 Å². The molecule has 156 valence electrons. The van der Waals surface area contributed by atoms with Gasteiger partial charge in [0.1, 0.15) is 0 Å². The maximum absolute atomic E-state index is 5.09. The number of hydrogen-bond acceptors (Lipinski definition) is 6. The molecule has 1 aliphatic rings. The normalized spacial score (nSPS) is 16.0. The molecule has 32 heavy (non-hydrogen) atoms. The van der Waals surface area contributed by atoms with Crippen molar-refractivity contribution < 1.29 is 0 Å². The molecule has 0 N–H and O–H groups in total. The average Bonchev–Trinajstić information content (AvgIpc) is 3.60. The summed E-state index contributed by atoms with van der Waals surface area (Å²) in [6.07, 6.45) is 0.844. The SMILES string of the molecule is Cc1ccc2nc(N3N=C(c4cccs4)C[C@@H]3c3cccs3)nc(-c3ccccc3)c2c1. The quantitative estimate of drug-likeness (QED) is 0.292. The van der Waals surface area contributed by atoms with Crippen LogP contribution in [0.15, 0.2) is 88.7 Å². The molecule has 0 saturated carbocycles. The lowest BCUT2D eigenvalue weighted by molar-refractivity contribution is 0.700. The maximum Gasteiger partial charge on any atom is 0.247 e. The molecule has 1 atom stereocenters. The fourth-order valence-electron chi connectivity index (χ4n) is 4.14. The summed E-state index contributed by atoms with van der Waals surface area (Å²) in [5, 5.41) is 12.3. The molecule has 3 aromatic heterocycles. The van der Waals surface area contributed by atoms with Gasteiger partial charge in [-0.3, -0.25) is 0 Å². The average molecular weight is 453 g/mol. The molecule has 0 bridgehead atoms. The van der Waals surface area contributed by atoms with Gasteiger partial charge in [-0.05, 0) is 41.9 Å². The largest absolute Gasteiger partial charge is 0.247 e. The van der Waals surface area contributed by atoms with Gasteiger partial charge in [-0.25, -0.2) is 15.0 Å². The van der Waals surface area contributed by atoms with E-state index in [9.17, 15) is 0 Å². The van der Waals surface area contributed by atoms with Crippen molar-refractivity contribution in [3.05, 3.63) is 98.9 Å². The van der Waals surface area contributed by atoms with Gasteiger partial charge in [-0.2, -0.15) is 5.10 Å². The van der Waals surface area contributed by atoms with E-state index in [2.05, 4.69) is 84.4 Å². The number of aromatic nitrogens is 2. The zero-order chi connectivity index (χ0) is 21.5. The Balaban J connectivity index is 1.55. The van der Waals surface area contributed by atoms with E-state index >= 15 is 0 Å². The minimum Gasteiger partial charge on any atom is -0.223 e. The first-order valence-corrected chi connectivity index (χ1v) is 12.3. The van der Waals surface area contributed by atoms with Crippen LogP contribution in [0.1, 0.15) is 27.8 Å². The highest BCUT2D eigenvalue weighted by Gasteiger charge is 2.33. The number of rotatable bonds is 4. The number of hydrogen-bond donors (Lipinski definition) is 0. The Hall–Kier alpha value is -3.35. The number of anilines is 1. The highest BCUT2D eigenvalue weighted by molar-refractivity contribution is 7.12. The minimum absolute atomic E-state index is 0.0959. The van der Waals surface area contributed by atoms with Gasteiger partial charge < -0.3 is 0 Å². The Morgan fingerprint density at radius 2 is 1.72 bits per heavy atom. The van der Waals surface area contributed by atoms with Crippen molar-refractivity contribution in [1.82, 2.24) is 9.97 Å². The van der Waals surface area contributed by atoms with Gasteiger partial charge in [0.2, 0.25) is 5.95 Å². The number of benzene rings is 2. The van der Waals surface area contributed by atoms with Crippen LogP contribution >= 0.6 is 22.7 Å². The van der Waals surface area contributed by atoms with Crippen LogP contribution in [-0.2, 0) is 0 Å². The Bertz CT molecular complexity index is 1410. The molecule has 0 spiro atoms. The standard InChI is InChI=1S/C26H20N4S2/c1-17-11-12-20-19(15-17)25(18-7-3-2-4-8-18)28-26(27-20)30-22(24-10-6-14-32-24)16-21(29-30)23-9-5-13-31-23/h2-15,22H,16H2,1H3/t22-/m1/s1. The molecule has 0 unspecified atom stereocenters. The lowest BCUT2D eigenvalue weighted by Crippen LogP contribution is -2.20. The fourth-order valence-corrected chi connectivity index (χ4v) is 5.67. The van der Waals surface area contributed by atoms with Crippen LogP contribution in [-0.4, -0.2) is 15.7 Å². The monoisotopic (exact) mass is 452 g/mol. The van der Waals surface area contributed by atoms with E-state index in [1.165, 1.54) is 15.3 Å². The summed E-state index contributed by atoms with van der Waals surface area (Å²) in [6.45, 7) is 2.10. The summed E-state index contributed by atoms with van der Waals surface area (Å²) in [7, 11) is 0. The molecule has 6 heteroatoms. The molecule has 0 saturated heterocycles. The second-order valence-electron chi connectivity index (χ2n) is 7.86. The van der Waals surface area contributed by atoms with E-state index in [0.717, 1.165) is 34.3 Å². The van der Waals surface area contributed by atoms with Gasteiger partial charge in [0.15, 0.2) is 0 Å². The maximum atomic E-state index is 5.09. The Labute approximate surface area is 194 Å². The molecule has 0 radical (unpaired) electrons. The predicted octanol–water partition coefficient (Wildman–Crippen LogP) is 7.08. The van der Waals surface area contributed by atoms with Crippen LogP contribution in [0.5, 0.6) is 0 Å². The van der Waals surface area contributed by atoms with Gasteiger partial charge in [0, 0.05) is 22.2 Å². The van der Waals surface area contributed by atoms with Crippen molar-refractivity contribution in [3.8, 4) is 11.3 Å². The minimum atomic E-state index is 0.0959. The molecule has 2 aromatic carbocycles. The molecule has 0 amide bonds. The van der Waals surface area contributed by atoms with Crippen molar-refractivity contribution in [1.29, 1.82) is 0 Å². The summed E-state index contributed by atoms with van der Waals surface area (Å²) in [6, 6.07) is 25.3. The first-order valence-electron chi connectivity index (χ1n) is 10.5. The molecular weight excluding hydrogens is 432 g/mol. The smallest absolute Gasteiger partial charge is 0.223 e. The van der Waals surface area contributed by atoms with Gasteiger partial charge in [0.05, 0.1) is 27.8 Å². The summed E-state index contributed by atoms with van der Waals surface area (Å²) >= 11 is 3.48. The zero-order valence-electron chi connectivity index (χ0n) is 17.5. The van der Waals surface area contributed by atoms with Crippen molar-refractivity contribution in [2.45, 2.75) is 19.4 Å². The summed E-state index contributed by atoms with van der Waals surface area (Å²) in [5.74, 6) is 0.644. The number of nitrogens with zero attached hydrogens (tertiary/aromatic N) is 4. The van der Waals surface area contributed by atoms with E-state index in [1.807, 2.05) is 11.1 Å². The Morgan fingerprint density at radius 1 is 0.875 bits per heavy atom. The molecule has 6 rings (SSSR count). The van der Waals surface area contributed by atoms with E-state index in [-0.39, 0.29) is 6.04 Å². The summed E-state index contributed by atoms with van der Waals surface area (Å²) in [4.78, 5) is 12.5. The molecular formula is C26H20N4S2. The summed E-state index contributed by atoms with van der Waals surface area (Å²) < 4.78 is 0. The van der Waals surface area contributed by atoms with Gasteiger partial charge in [-0.1, -0.05) is 54.1 Å². The van der Waals surface area contributed by atoms with E-state index in [4.69, 9.17) is 15.1 Å². The number of aryl methyl sites for hydroxylation is 1. The fraction of sp³-hybridized carbons (Fsp3) is 0.115. The molecule has 1 aliphatic heterocycles. The third kappa shape index (κ3) is 3.42. The predicted molar refractivity (Wildman–Crippen MR) is 135 cm³/mol. The Morgan fingerprint density at radius 3 is 2.50 bits per heavy atom. The van der Waals surface area contributed by atoms with Gasteiger partial charge >= 0.3 is 0 Å². The molecule has 4 heterocycles. The van der Waals surface area contributed by atoms with Crippen LogP contribution in [0.25, 0.3) is 22.2 Å². The van der Waals surface area contributed by atoms with Crippen molar-refractivity contribution in [2.75, 3.05) is 5.01 Å². The van der Waals surface area contributed by atoms with Crippen LogP contribution in [0.4, 0.5) is 5.95 Å². The molecule has 0 aliphatic carbocycles. The lowest BCUT2D eigenvalue weighted by Gasteiger charge is -2.22. The van der Waals surface area contributed by atoms with E-state index in [0.29, 0.717) is 5.95 Å². The first-order chi connectivity index (χ1) is 15.8. The van der Waals surface area contributed by atoms with Crippen molar-refractivity contribution >= 4 is 45.2 Å². The van der Waals surface area contributed by atoms with Crippen LogP contribution in [0, 0.1) is 6.92 Å². The number of hydrazone groups is 1. The second kappa shape index (κ2) is 7.97. The highest BCUT2D eigenvalue weighted by Crippen LogP contribution is 2.39. The van der Waals surface area contributed by atoms with E-state index < -0.39 is 0 Å². The third-order valence-corrected chi connectivity index (χ3v) is 7.57. The van der Waals surface area contributed by atoms with Gasteiger partial charge in [0.25, 0.3) is 0 Å². The second-order valence-corrected chi connectivity index (χ2v) is 9.79. The Kier molecular flexibility index (Phi) is 4.82. The summed E-state index contributed by atoms with van der Waals surface area (Å²) in [5.41, 5.74) is 5.25. The topological polar surface area (TPSA) is 41.4 Å². The first kappa shape index (κ1) is 19.3. The molecule has 0 fully saturated rings. The van der Waals surface area contributed by atoms with Crippen LogP contribution < -0.4 is 5.01 Å². The number of thiophene rings is 2.